The SMILES string of the molecule is Cc1nc(CN2CCC[C@H](O)C2)c2nc(C3CCC(C)(C)CC3)sc2n1. The van der Waals surface area contributed by atoms with Crippen molar-refractivity contribution in [3.63, 3.8) is 0 Å². The van der Waals surface area contributed by atoms with Gasteiger partial charge in [0.25, 0.3) is 0 Å². The highest BCUT2D eigenvalue weighted by molar-refractivity contribution is 7.18. The molecule has 142 valence electrons. The molecule has 1 saturated carbocycles. The van der Waals surface area contributed by atoms with Gasteiger partial charge in [-0.05, 0) is 57.4 Å². The van der Waals surface area contributed by atoms with E-state index in [0.717, 1.165) is 54.3 Å². The van der Waals surface area contributed by atoms with Crippen LogP contribution < -0.4 is 0 Å². The highest BCUT2D eigenvalue weighted by Gasteiger charge is 2.30. The zero-order chi connectivity index (χ0) is 18.3. The molecular formula is C20H30N4OS. The van der Waals surface area contributed by atoms with Crippen LogP contribution in [0.1, 0.15) is 74.8 Å². The summed E-state index contributed by atoms with van der Waals surface area (Å²) in [6.07, 6.45) is 6.76. The van der Waals surface area contributed by atoms with Gasteiger partial charge in [-0.1, -0.05) is 25.2 Å². The number of rotatable bonds is 3. The first-order chi connectivity index (χ1) is 12.4. The lowest BCUT2D eigenvalue weighted by atomic mass is 9.73. The van der Waals surface area contributed by atoms with Crippen molar-refractivity contribution < 1.29 is 5.11 Å². The first-order valence-corrected chi connectivity index (χ1v) is 10.8. The zero-order valence-electron chi connectivity index (χ0n) is 16.2. The molecule has 1 aliphatic carbocycles. The molecule has 0 amide bonds. The number of aliphatic hydroxyl groups is 1. The summed E-state index contributed by atoms with van der Waals surface area (Å²) in [5.41, 5.74) is 2.49. The van der Waals surface area contributed by atoms with Crippen molar-refractivity contribution in [3.8, 4) is 0 Å². The van der Waals surface area contributed by atoms with E-state index >= 15 is 0 Å². The number of hydrogen-bond acceptors (Lipinski definition) is 6. The second-order valence-electron chi connectivity index (χ2n) is 8.89. The summed E-state index contributed by atoms with van der Waals surface area (Å²) in [7, 11) is 0. The molecule has 4 rings (SSSR count). The number of piperidine rings is 1. The highest BCUT2D eigenvalue weighted by Crippen LogP contribution is 2.44. The lowest BCUT2D eigenvalue weighted by Gasteiger charge is -2.33. The maximum absolute atomic E-state index is 9.95. The summed E-state index contributed by atoms with van der Waals surface area (Å²) in [6, 6.07) is 0. The number of β-amino-alcohol motifs (C(OH)–C–C–N with tert-alkyl or cyclic N) is 1. The van der Waals surface area contributed by atoms with Crippen molar-refractivity contribution in [1.82, 2.24) is 19.9 Å². The van der Waals surface area contributed by atoms with Crippen LogP contribution in [0.15, 0.2) is 0 Å². The van der Waals surface area contributed by atoms with Gasteiger partial charge in [-0.3, -0.25) is 4.90 Å². The van der Waals surface area contributed by atoms with E-state index in [1.165, 1.54) is 30.7 Å². The van der Waals surface area contributed by atoms with Gasteiger partial charge in [-0.15, -0.1) is 0 Å². The van der Waals surface area contributed by atoms with Gasteiger partial charge in [-0.25, -0.2) is 15.0 Å². The quantitative estimate of drug-likeness (QED) is 0.879. The monoisotopic (exact) mass is 374 g/mol. The Balaban J connectivity index is 1.59. The largest absolute Gasteiger partial charge is 0.392 e. The predicted octanol–water partition coefficient (Wildman–Crippen LogP) is 4.04. The Labute approximate surface area is 159 Å². The first-order valence-electron chi connectivity index (χ1n) is 9.94. The van der Waals surface area contributed by atoms with Gasteiger partial charge < -0.3 is 5.11 Å². The predicted molar refractivity (Wildman–Crippen MR) is 105 cm³/mol. The third-order valence-corrected chi connectivity index (χ3v) is 7.11. The van der Waals surface area contributed by atoms with E-state index in [-0.39, 0.29) is 6.10 Å². The van der Waals surface area contributed by atoms with E-state index < -0.39 is 0 Å². The molecule has 1 N–H and O–H groups in total. The van der Waals surface area contributed by atoms with Crippen molar-refractivity contribution in [1.29, 1.82) is 0 Å². The Kier molecular flexibility index (Phi) is 5.01. The molecule has 1 aliphatic heterocycles. The van der Waals surface area contributed by atoms with Gasteiger partial charge in [0.15, 0.2) is 0 Å². The van der Waals surface area contributed by atoms with Gasteiger partial charge in [0.1, 0.15) is 16.2 Å². The van der Waals surface area contributed by atoms with Crippen LogP contribution in [0.2, 0.25) is 0 Å². The van der Waals surface area contributed by atoms with E-state index in [0.29, 0.717) is 11.3 Å². The van der Waals surface area contributed by atoms with Crippen molar-refractivity contribution >= 4 is 21.7 Å². The molecule has 2 aromatic rings. The number of fused-ring (bicyclic) bond motifs is 1. The number of aromatic nitrogens is 3. The van der Waals surface area contributed by atoms with Gasteiger partial charge in [0.05, 0.1) is 16.8 Å². The second kappa shape index (κ2) is 7.13. The van der Waals surface area contributed by atoms with Gasteiger partial charge in [0.2, 0.25) is 0 Å². The van der Waals surface area contributed by atoms with Crippen molar-refractivity contribution in [3.05, 3.63) is 16.5 Å². The highest BCUT2D eigenvalue weighted by atomic mass is 32.1. The Morgan fingerprint density at radius 2 is 1.92 bits per heavy atom. The average Bonchev–Trinajstić information content (AvgIpc) is 2.99. The fourth-order valence-corrected chi connectivity index (χ4v) is 5.51. The van der Waals surface area contributed by atoms with Gasteiger partial charge in [0, 0.05) is 19.0 Å². The first kappa shape index (κ1) is 18.3. The van der Waals surface area contributed by atoms with Crippen LogP contribution in [0.4, 0.5) is 0 Å². The van der Waals surface area contributed by atoms with Crippen LogP contribution in [0.3, 0.4) is 0 Å². The molecule has 3 heterocycles. The average molecular weight is 375 g/mol. The Hall–Kier alpha value is -1.11. The summed E-state index contributed by atoms with van der Waals surface area (Å²) in [4.78, 5) is 17.7. The molecule has 0 aromatic carbocycles. The number of likely N-dealkylation sites (tertiary alicyclic amines) is 1. The van der Waals surface area contributed by atoms with E-state index in [4.69, 9.17) is 9.97 Å². The standard InChI is InChI=1S/C20H30N4OS/c1-13-21-16(12-24-10-4-5-15(25)11-24)17-19(22-13)26-18(23-17)14-6-8-20(2,3)9-7-14/h14-15,25H,4-12H2,1-3H3/t15-/m0/s1. The topological polar surface area (TPSA) is 62.1 Å². The zero-order valence-corrected chi connectivity index (χ0v) is 17.0. The minimum absolute atomic E-state index is 0.209. The third kappa shape index (κ3) is 3.92. The Bertz CT molecular complexity index is 777. The number of aliphatic hydroxyl groups excluding tert-OH is 1. The van der Waals surface area contributed by atoms with E-state index in [1.807, 2.05) is 6.92 Å². The summed E-state index contributed by atoms with van der Waals surface area (Å²) in [5, 5.41) is 11.2. The summed E-state index contributed by atoms with van der Waals surface area (Å²) < 4.78 is 0. The molecule has 2 aromatic heterocycles. The van der Waals surface area contributed by atoms with E-state index in [2.05, 4.69) is 23.7 Å². The fourth-order valence-electron chi connectivity index (χ4n) is 4.33. The number of aryl methyl sites for hydroxylation is 1. The molecule has 2 fully saturated rings. The normalized spacial score (nSPS) is 25.0. The lowest BCUT2D eigenvalue weighted by Crippen LogP contribution is -2.37. The maximum Gasteiger partial charge on any atom is 0.147 e. The molecule has 0 unspecified atom stereocenters. The van der Waals surface area contributed by atoms with Gasteiger partial charge in [-0.2, -0.15) is 0 Å². The lowest BCUT2D eigenvalue weighted by molar-refractivity contribution is 0.0664. The molecular weight excluding hydrogens is 344 g/mol. The number of hydrogen-bond donors (Lipinski definition) is 1. The minimum Gasteiger partial charge on any atom is -0.392 e. The summed E-state index contributed by atoms with van der Waals surface area (Å²) >= 11 is 1.76. The Morgan fingerprint density at radius 3 is 2.65 bits per heavy atom. The summed E-state index contributed by atoms with van der Waals surface area (Å²) in [5.74, 6) is 1.40. The Morgan fingerprint density at radius 1 is 1.15 bits per heavy atom. The van der Waals surface area contributed by atoms with Gasteiger partial charge >= 0.3 is 0 Å². The van der Waals surface area contributed by atoms with Crippen LogP contribution in [0, 0.1) is 12.3 Å². The number of thiazole rings is 1. The molecule has 0 spiro atoms. The second-order valence-corrected chi connectivity index (χ2v) is 9.90. The third-order valence-electron chi connectivity index (χ3n) is 6.00. The molecule has 5 nitrogen and oxygen atoms in total. The molecule has 1 saturated heterocycles. The van der Waals surface area contributed by atoms with Crippen molar-refractivity contribution in [2.45, 2.75) is 77.9 Å². The van der Waals surface area contributed by atoms with Crippen molar-refractivity contribution in [2.75, 3.05) is 13.1 Å². The fraction of sp³-hybridized carbons (Fsp3) is 0.750. The molecule has 26 heavy (non-hydrogen) atoms. The van der Waals surface area contributed by atoms with E-state index in [1.54, 1.807) is 11.3 Å². The van der Waals surface area contributed by atoms with Crippen molar-refractivity contribution in [2.24, 2.45) is 5.41 Å². The molecule has 6 heteroatoms. The molecule has 0 bridgehead atoms. The van der Waals surface area contributed by atoms with E-state index in [9.17, 15) is 5.11 Å². The van der Waals surface area contributed by atoms with Crippen LogP contribution >= 0.6 is 11.3 Å². The molecule has 1 atom stereocenters. The van der Waals surface area contributed by atoms with Crippen LogP contribution in [-0.2, 0) is 6.54 Å². The van der Waals surface area contributed by atoms with Crippen LogP contribution in [-0.4, -0.2) is 44.2 Å². The maximum atomic E-state index is 9.95. The van der Waals surface area contributed by atoms with Crippen LogP contribution in [0.5, 0.6) is 0 Å². The molecule has 0 radical (unpaired) electrons. The molecule has 2 aliphatic rings. The minimum atomic E-state index is -0.209. The number of nitrogens with zero attached hydrogens (tertiary/aromatic N) is 4. The van der Waals surface area contributed by atoms with Crippen LogP contribution in [0.25, 0.3) is 10.3 Å². The summed E-state index contributed by atoms with van der Waals surface area (Å²) in [6.45, 7) is 9.24. The smallest absolute Gasteiger partial charge is 0.147 e.